The van der Waals surface area contributed by atoms with Crippen molar-refractivity contribution in [1.29, 1.82) is 0 Å². The first-order valence-electron chi connectivity index (χ1n) is 5.44. The molecule has 1 nitrogen and oxygen atoms in total. The summed E-state index contributed by atoms with van der Waals surface area (Å²) in [7, 11) is 0. The lowest BCUT2D eigenvalue weighted by Crippen LogP contribution is -2.27. The zero-order chi connectivity index (χ0) is 11.4. The average Bonchev–Trinajstić information content (AvgIpc) is 2.79. The average molecular weight is 243 g/mol. The molecule has 0 aromatic heterocycles. The van der Waals surface area contributed by atoms with Gasteiger partial charge in [-0.1, -0.05) is 18.2 Å². The molecule has 1 aromatic carbocycles. The maximum Gasteiger partial charge on any atom is 0.263 e. The van der Waals surface area contributed by atoms with Crippen LogP contribution in [0.1, 0.15) is 24.0 Å². The van der Waals surface area contributed by atoms with Gasteiger partial charge in [-0.05, 0) is 23.8 Å². The van der Waals surface area contributed by atoms with Gasteiger partial charge in [-0.2, -0.15) is 11.8 Å². The van der Waals surface area contributed by atoms with Crippen LogP contribution < -0.4 is 5.32 Å². The lowest BCUT2D eigenvalue weighted by atomic mass is 10.1. The molecule has 0 radical (unpaired) electrons. The van der Waals surface area contributed by atoms with Crippen molar-refractivity contribution in [3.63, 3.8) is 0 Å². The quantitative estimate of drug-likeness (QED) is 0.871. The molecule has 1 heterocycles. The second-order valence-electron chi connectivity index (χ2n) is 3.99. The highest BCUT2D eigenvalue weighted by atomic mass is 32.2. The molecule has 1 aromatic rings. The third-order valence-corrected chi connectivity index (χ3v) is 3.89. The first-order chi connectivity index (χ1) is 7.75. The number of hydrogen-bond acceptors (Lipinski definition) is 2. The van der Waals surface area contributed by atoms with Gasteiger partial charge in [0.25, 0.3) is 6.43 Å². The highest BCUT2D eigenvalue weighted by Gasteiger charge is 2.14. The van der Waals surface area contributed by atoms with E-state index >= 15 is 0 Å². The van der Waals surface area contributed by atoms with Gasteiger partial charge < -0.3 is 5.32 Å². The maximum absolute atomic E-state index is 12.5. The van der Waals surface area contributed by atoms with Crippen molar-refractivity contribution in [2.45, 2.75) is 25.4 Å². The fraction of sp³-hybridized carbons (Fsp3) is 0.500. The van der Waals surface area contributed by atoms with Crippen LogP contribution in [-0.2, 0) is 6.54 Å². The topological polar surface area (TPSA) is 12.0 Å². The number of hydrogen-bond donors (Lipinski definition) is 1. The molecule has 2 rings (SSSR count). The molecule has 88 valence electrons. The third kappa shape index (κ3) is 3.19. The summed E-state index contributed by atoms with van der Waals surface area (Å²) in [6.45, 7) is 0.686. The van der Waals surface area contributed by atoms with Gasteiger partial charge in [0.05, 0.1) is 0 Å². The predicted molar refractivity (Wildman–Crippen MR) is 64.0 cm³/mol. The molecule has 0 amide bonds. The Morgan fingerprint density at radius 1 is 1.44 bits per heavy atom. The van der Waals surface area contributed by atoms with E-state index in [2.05, 4.69) is 5.32 Å². The van der Waals surface area contributed by atoms with E-state index < -0.39 is 6.43 Å². The van der Waals surface area contributed by atoms with Crippen LogP contribution in [0, 0.1) is 0 Å². The van der Waals surface area contributed by atoms with E-state index in [1.54, 1.807) is 12.1 Å². The molecule has 1 fully saturated rings. The summed E-state index contributed by atoms with van der Waals surface area (Å²) in [5.41, 5.74) is 1.05. The fourth-order valence-electron chi connectivity index (χ4n) is 1.80. The maximum atomic E-state index is 12.5. The van der Waals surface area contributed by atoms with Crippen LogP contribution in [0.2, 0.25) is 0 Å². The van der Waals surface area contributed by atoms with Crippen molar-refractivity contribution < 1.29 is 8.78 Å². The molecule has 0 aliphatic carbocycles. The second-order valence-corrected chi connectivity index (χ2v) is 5.14. The molecule has 4 heteroatoms. The van der Waals surface area contributed by atoms with Crippen LogP contribution in [0.4, 0.5) is 8.78 Å². The minimum Gasteiger partial charge on any atom is -0.309 e. The summed E-state index contributed by atoms with van der Waals surface area (Å²) in [5, 5.41) is 3.40. The Bertz CT molecular complexity index is 338. The summed E-state index contributed by atoms with van der Waals surface area (Å²) in [4.78, 5) is 0. The fourth-order valence-corrected chi connectivity index (χ4v) is 2.98. The van der Waals surface area contributed by atoms with Gasteiger partial charge in [-0.3, -0.25) is 0 Å². The number of nitrogens with one attached hydrogen (secondary N) is 1. The largest absolute Gasteiger partial charge is 0.309 e. The van der Waals surface area contributed by atoms with Gasteiger partial charge in [-0.25, -0.2) is 8.78 Å². The molecular weight excluding hydrogens is 228 g/mol. The normalized spacial score (nSPS) is 20.6. The second kappa shape index (κ2) is 5.64. The smallest absolute Gasteiger partial charge is 0.263 e. The molecule has 1 saturated heterocycles. The molecular formula is C12H15F2NS. The van der Waals surface area contributed by atoms with Crippen molar-refractivity contribution >= 4 is 11.8 Å². The van der Waals surface area contributed by atoms with Crippen LogP contribution in [-0.4, -0.2) is 17.5 Å². The van der Waals surface area contributed by atoms with E-state index in [9.17, 15) is 8.78 Å². The number of alkyl halides is 2. The van der Waals surface area contributed by atoms with Crippen molar-refractivity contribution in [3.8, 4) is 0 Å². The molecule has 1 atom stereocenters. The molecule has 0 saturated carbocycles. The Morgan fingerprint density at radius 2 is 2.31 bits per heavy atom. The predicted octanol–water partition coefficient (Wildman–Crippen LogP) is 3.22. The van der Waals surface area contributed by atoms with Gasteiger partial charge in [0.2, 0.25) is 0 Å². The van der Waals surface area contributed by atoms with Gasteiger partial charge >= 0.3 is 0 Å². The highest BCUT2D eigenvalue weighted by molar-refractivity contribution is 7.99. The SMILES string of the molecule is FC(F)c1cccc(CNC2CCSC2)c1. The van der Waals surface area contributed by atoms with Crippen LogP contribution in [0.5, 0.6) is 0 Å². The van der Waals surface area contributed by atoms with Crippen LogP contribution in [0.15, 0.2) is 24.3 Å². The minimum atomic E-state index is -2.37. The Balaban J connectivity index is 1.90. The van der Waals surface area contributed by atoms with E-state index in [-0.39, 0.29) is 5.56 Å². The number of halogens is 2. The molecule has 0 spiro atoms. The molecule has 16 heavy (non-hydrogen) atoms. The van der Waals surface area contributed by atoms with E-state index in [4.69, 9.17) is 0 Å². The van der Waals surface area contributed by atoms with Crippen LogP contribution >= 0.6 is 11.8 Å². The molecule has 1 aliphatic rings. The molecule has 0 bridgehead atoms. The molecule has 1 N–H and O–H groups in total. The summed E-state index contributed by atoms with van der Waals surface area (Å²) >= 11 is 1.94. The Labute approximate surface area is 98.6 Å². The van der Waals surface area contributed by atoms with Crippen molar-refractivity contribution in [2.75, 3.05) is 11.5 Å². The Kier molecular flexibility index (Phi) is 4.18. The van der Waals surface area contributed by atoms with Gasteiger partial charge in [-0.15, -0.1) is 0 Å². The van der Waals surface area contributed by atoms with Crippen molar-refractivity contribution in [1.82, 2.24) is 5.32 Å². The van der Waals surface area contributed by atoms with Crippen molar-refractivity contribution in [3.05, 3.63) is 35.4 Å². The Hall–Kier alpha value is -0.610. The van der Waals surface area contributed by atoms with Crippen molar-refractivity contribution in [2.24, 2.45) is 0 Å². The zero-order valence-electron chi connectivity index (χ0n) is 8.96. The number of benzene rings is 1. The Morgan fingerprint density at radius 3 is 3.00 bits per heavy atom. The van der Waals surface area contributed by atoms with Gasteiger partial charge in [0, 0.05) is 23.9 Å². The minimum absolute atomic E-state index is 0.111. The first-order valence-corrected chi connectivity index (χ1v) is 6.59. The molecule has 1 aliphatic heterocycles. The summed E-state index contributed by atoms with van der Waals surface area (Å²) in [6, 6.07) is 7.18. The van der Waals surface area contributed by atoms with E-state index in [1.807, 2.05) is 17.8 Å². The standard InChI is InChI=1S/C12H15F2NS/c13-12(14)10-3-1-2-9(6-10)7-15-11-4-5-16-8-11/h1-3,6,11-12,15H,4-5,7-8H2. The van der Waals surface area contributed by atoms with Gasteiger partial charge in [0.1, 0.15) is 0 Å². The van der Waals surface area contributed by atoms with Gasteiger partial charge in [0.15, 0.2) is 0 Å². The van der Waals surface area contributed by atoms with Crippen LogP contribution in [0.25, 0.3) is 0 Å². The lowest BCUT2D eigenvalue weighted by molar-refractivity contribution is 0.151. The van der Waals surface area contributed by atoms with E-state index in [0.29, 0.717) is 12.6 Å². The zero-order valence-corrected chi connectivity index (χ0v) is 9.77. The number of rotatable bonds is 4. The van der Waals surface area contributed by atoms with E-state index in [0.717, 1.165) is 11.3 Å². The summed E-state index contributed by atoms with van der Waals surface area (Å²) in [5.74, 6) is 2.34. The monoisotopic (exact) mass is 243 g/mol. The van der Waals surface area contributed by atoms with Crippen LogP contribution in [0.3, 0.4) is 0 Å². The van der Waals surface area contributed by atoms with E-state index in [1.165, 1.54) is 18.2 Å². The summed E-state index contributed by atoms with van der Waals surface area (Å²) in [6.07, 6.45) is -1.19. The third-order valence-electron chi connectivity index (χ3n) is 2.73. The first kappa shape index (κ1) is 11.9. The summed E-state index contributed by atoms with van der Waals surface area (Å²) < 4.78 is 24.9. The lowest BCUT2D eigenvalue weighted by Gasteiger charge is -2.11. The number of thioether (sulfide) groups is 1. The highest BCUT2D eigenvalue weighted by Crippen LogP contribution is 2.20. The molecule has 1 unspecified atom stereocenters.